The number of hydrogen-bond donors (Lipinski definition) is 3. The Morgan fingerprint density at radius 1 is 0.627 bits per heavy atom. The molecule has 11 heteroatoms. The average molecular weight is 744 g/mol. The van der Waals surface area contributed by atoms with Gasteiger partial charge in [-0.05, 0) is 70.6 Å². The number of phosphoric acid groups is 1. The van der Waals surface area contributed by atoms with Crippen molar-refractivity contribution in [2.45, 2.75) is 180 Å². The van der Waals surface area contributed by atoms with Gasteiger partial charge in [0.1, 0.15) is 12.1 Å². The fourth-order valence-electron chi connectivity index (χ4n) is 5.21. The number of hydrogen-bond acceptors (Lipinski definition) is 8. The van der Waals surface area contributed by atoms with Crippen LogP contribution in [0.2, 0.25) is 0 Å². The molecule has 0 saturated heterocycles. The number of esters is 1. The van der Waals surface area contributed by atoms with Crippen molar-refractivity contribution in [3.05, 3.63) is 36.5 Å². The zero-order chi connectivity index (χ0) is 37.7. The zero-order valence-corrected chi connectivity index (χ0v) is 33.1. The van der Waals surface area contributed by atoms with Crippen molar-refractivity contribution in [1.82, 2.24) is 0 Å². The Labute approximate surface area is 310 Å². The van der Waals surface area contributed by atoms with Gasteiger partial charge in [0.2, 0.25) is 0 Å². The number of ether oxygens (including phenoxy) is 2. The highest BCUT2D eigenvalue weighted by molar-refractivity contribution is 7.47. The lowest BCUT2D eigenvalue weighted by Gasteiger charge is -2.20. The smallest absolute Gasteiger partial charge is 0.472 e. The summed E-state index contributed by atoms with van der Waals surface area (Å²) in [5.41, 5.74) is 5.34. The van der Waals surface area contributed by atoms with Gasteiger partial charge in [-0.2, -0.15) is 0 Å². The molecule has 0 bridgehead atoms. The van der Waals surface area contributed by atoms with Crippen molar-refractivity contribution in [3.63, 3.8) is 0 Å². The van der Waals surface area contributed by atoms with Gasteiger partial charge in [0.25, 0.3) is 0 Å². The van der Waals surface area contributed by atoms with Gasteiger partial charge < -0.3 is 25.2 Å². The van der Waals surface area contributed by atoms with Gasteiger partial charge in [-0.25, -0.2) is 4.57 Å². The molecule has 0 amide bonds. The normalized spacial score (nSPS) is 14.4. The number of unbranched alkanes of at least 4 members (excludes halogenated alkanes) is 18. The van der Waals surface area contributed by atoms with E-state index in [1.54, 1.807) is 0 Å². The molecule has 3 unspecified atom stereocenters. The van der Waals surface area contributed by atoms with E-state index < -0.39 is 45.1 Å². The number of carbonyl (C=O) groups excluding carboxylic acids is 1. The molecule has 0 aromatic heterocycles. The number of aliphatic carboxylic acids is 1. The summed E-state index contributed by atoms with van der Waals surface area (Å²) in [6.07, 6.45) is 39.0. The van der Waals surface area contributed by atoms with Crippen molar-refractivity contribution in [1.29, 1.82) is 0 Å². The quantitative estimate of drug-likeness (QED) is 0.0241. The van der Waals surface area contributed by atoms with Crippen LogP contribution in [-0.4, -0.2) is 60.5 Å². The first-order valence-electron chi connectivity index (χ1n) is 20.0. The van der Waals surface area contributed by atoms with Crippen LogP contribution in [0.25, 0.3) is 0 Å². The maximum Gasteiger partial charge on any atom is 0.472 e. The molecule has 0 fully saturated rings. The van der Waals surface area contributed by atoms with Crippen LogP contribution in [0.5, 0.6) is 0 Å². The maximum atomic E-state index is 12.6. The van der Waals surface area contributed by atoms with Crippen LogP contribution < -0.4 is 5.73 Å². The van der Waals surface area contributed by atoms with Crippen LogP contribution in [-0.2, 0) is 32.7 Å². The number of carboxylic acids is 1. The average Bonchev–Trinajstić information content (AvgIpc) is 3.10. The van der Waals surface area contributed by atoms with E-state index in [2.05, 4.69) is 50.3 Å². The van der Waals surface area contributed by atoms with Gasteiger partial charge in [-0.3, -0.25) is 18.6 Å². The van der Waals surface area contributed by atoms with E-state index in [9.17, 15) is 19.0 Å². The van der Waals surface area contributed by atoms with Crippen LogP contribution >= 0.6 is 7.82 Å². The SMILES string of the molecule is CCCCC/C=C\CCCCCCCCOCC(COP(=O)(O)OCC(N)C(=O)O)OC(=O)CCCCCCC/C=C\C/C=C\CCCCCC. The minimum atomic E-state index is -4.62. The second-order valence-corrected chi connectivity index (χ2v) is 14.9. The largest absolute Gasteiger partial charge is 0.480 e. The van der Waals surface area contributed by atoms with E-state index in [1.807, 2.05) is 0 Å². The number of rotatable bonds is 38. The second kappa shape index (κ2) is 36.5. The summed E-state index contributed by atoms with van der Waals surface area (Å²) in [6, 6.07) is -1.48. The summed E-state index contributed by atoms with van der Waals surface area (Å²) in [7, 11) is -4.62. The number of nitrogens with two attached hydrogens (primary N) is 1. The second-order valence-electron chi connectivity index (χ2n) is 13.4. The number of allylic oxidation sites excluding steroid dienone is 6. The first-order valence-corrected chi connectivity index (χ1v) is 21.5. The molecule has 0 aliphatic heterocycles. The van der Waals surface area contributed by atoms with E-state index >= 15 is 0 Å². The molecule has 0 radical (unpaired) electrons. The van der Waals surface area contributed by atoms with Gasteiger partial charge in [0.15, 0.2) is 0 Å². The van der Waals surface area contributed by atoms with Gasteiger partial charge in [-0.15, -0.1) is 0 Å². The lowest BCUT2D eigenvalue weighted by atomic mass is 10.1. The third-order valence-electron chi connectivity index (χ3n) is 8.39. The summed E-state index contributed by atoms with van der Waals surface area (Å²) in [5.74, 6) is -1.80. The Hall–Kier alpha value is -1.81. The first kappa shape index (κ1) is 49.2. The van der Waals surface area contributed by atoms with E-state index in [1.165, 1.54) is 77.0 Å². The summed E-state index contributed by atoms with van der Waals surface area (Å²) < 4.78 is 33.2. The Kier molecular flexibility index (Phi) is 35.2. The van der Waals surface area contributed by atoms with Gasteiger partial charge in [0.05, 0.1) is 19.8 Å². The zero-order valence-electron chi connectivity index (χ0n) is 32.2. The molecular formula is C40H74NO9P. The molecule has 298 valence electrons. The third-order valence-corrected chi connectivity index (χ3v) is 9.34. The minimum Gasteiger partial charge on any atom is -0.480 e. The van der Waals surface area contributed by atoms with Crippen LogP contribution in [0.4, 0.5) is 0 Å². The van der Waals surface area contributed by atoms with Crippen molar-refractivity contribution in [2.24, 2.45) is 5.73 Å². The Bertz CT molecular complexity index is 956. The summed E-state index contributed by atoms with van der Waals surface area (Å²) >= 11 is 0. The summed E-state index contributed by atoms with van der Waals surface area (Å²) in [6.45, 7) is 3.80. The Morgan fingerprint density at radius 2 is 1.08 bits per heavy atom. The summed E-state index contributed by atoms with van der Waals surface area (Å²) in [5, 5.41) is 8.87. The standard InChI is InChI=1S/C40H74NO9P/c1-3-5-7-9-11-13-15-17-18-19-20-22-24-26-28-30-32-39(42)50-37(35-48-51(45,46)49-36-38(41)40(43)44)34-47-33-31-29-27-25-23-21-16-14-12-10-8-6-4-2/h12-15,18-19,37-38H,3-11,16-17,20-36,41H2,1-2H3,(H,43,44)(H,45,46)/b14-12-,15-13-,19-18-. The van der Waals surface area contributed by atoms with Crippen molar-refractivity contribution < 1.29 is 42.7 Å². The molecule has 10 nitrogen and oxygen atoms in total. The molecule has 0 saturated carbocycles. The molecule has 51 heavy (non-hydrogen) atoms. The fraction of sp³-hybridized carbons (Fsp3) is 0.800. The number of carbonyl (C=O) groups is 2. The molecule has 4 N–H and O–H groups in total. The predicted molar refractivity (Wildman–Crippen MR) is 208 cm³/mol. The third kappa shape index (κ3) is 36.3. The van der Waals surface area contributed by atoms with E-state index in [0.717, 1.165) is 64.2 Å². The first-order chi connectivity index (χ1) is 24.7. The molecule has 0 rings (SSSR count). The van der Waals surface area contributed by atoms with Crippen LogP contribution in [0, 0.1) is 0 Å². The van der Waals surface area contributed by atoms with Crippen molar-refractivity contribution in [2.75, 3.05) is 26.4 Å². The van der Waals surface area contributed by atoms with Crippen molar-refractivity contribution in [3.8, 4) is 0 Å². The Balaban J connectivity index is 4.32. The molecule has 3 atom stereocenters. The maximum absolute atomic E-state index is 12.6. The van der Waals surface area contributed by atoms with Crippen molar-refractivity contribution >= 4 is 19.8 Å². The molecular weight excluding hydrogens is 669 g/mol. The molecule has 0 aromatic carbocycles. The van der Waals surface area contributed by atoms with Crippen LogP contribution in [0.1, 0.15) is 168 Å². The molecule has 0 spiro atoms. The topological polar surface area (TPSA) is 155 Å². The number of carboxylic acid groups (broad SMARTS) is 1. The monoisotopic (exact) mass is 744 g/mol. The van der Waals surface area contributed by atoms with E-state index in [-0.39, 0.29) is 13.0 Å². The minimum absolute atomic E-state index is 0.00718. The number of phosphoric ester groups is 1. The highest BCUT2D eigenvalue weighted by atomic mass is 31.2. The fourth-order valence-corrected chi connectivity index (χ4v) is 5.99. The lowest BCUT2D eigenvalue weighted by molar-refractivity contribution is -0.154. The van der Waals surface area contributed by atoms with Gasteiger partial charge in [0, 0.05) is 13.0 Å². The van der Waals surface area contributed by atoms with Crippen LogP contribution in [0.15, 0.2) is 36.5 Å². The summed E-state index contributed by atoms with van der Waals surface area (Å²) in [4.78, 5) is 33.4. The van der Waals surface area contributed by atoms with E-state index in [0.29, 0.717) is 13.0 Å². The van der Waals surface area contributed by atoms with Crippen LogP contribution in [0.3, 0.4) is 0 Å². The molecule has 0 aromatic rings. The van der Waals surface area contributed by atoms with E-state index in [4.69, 9.17) is 29.4 Å². The highest BCUT2D eigenvalue weighted by Crippen LogP contribution is 2.43. The molecule has 0 aliphatic rings. The highest BCUT2D eigenvalue weighted by Gasteiger charge is 2.27. The lowest BCUT2D eigenvalue weighted by Crippen LogP contribution is -2.34. The Morgan fingerprint density at radius 3 is 1.65 bits per heavy atom. The molecule has 0 heterocycles. The van der Waals surface area contributed by atoms with Gasteiger partial charge >= 0.3 is 19.8 Å². The van der Waals surface area contributed by atoms with Gasteiger partial charge in [-0.1, -0.05) is 127 Å². The predicted octanol–water partition coefficient (Wildman–Crippen LogP) is 10.5. The molecule has 0 aliphatic carbocycles.